The fraction of sp³-hybridized carbons (Fsp3) is 0.300. The first-order chi connectivity index (χ1) is 13.2. The number of aryl methyl sites for hydroxylation is 1. The zero-order valence-corrected chi connectivity index (χ0v) is 15.3. The van der Waals surface area contributed by atoms with Crippen molar-refractivity contribution in [2.75, 3.05) is 36.4 Å². The zero-order valence-electron chi connectivity index (χ0n) is 15.3. The van der Waals surface area contributed by atoms with Gasteiger partial charge in [-0.2, -0.15) is 13.2 Å². The molecule has 148 valence electrons. The second-order valence-corrected chi connectivity index (χ2v) is 6.65. The van der Waals surface area contributed by atoms with Crippen molar-refractivity contribution in [2.45, 2.75) is 13.1 Å². The maximum absolute atomic E-state index is 12.6. The number of nitrogens with zero attached hydrogens (tertiary/aromatic N) is 2. The molecule has 1 N–H and O–H groups in total. The average Bonchev–Trinajstić information content (AvgIpc) is 2.67. The smallest absolute Gasteiger partial charge is 0.368 e. The Kier molecular flexibility index (Phi) is 5.58. The number of rotatable bonds is 2. The van der Waals surface area contributed by atoms with Crippen LogP contribution in [0.15, 0.2) is 48.5 Å². The highest BCUT2D eigenvalue weighted by molar-refractivity contribution is 6.39. The molecule has 8 heteroatoms. The van der Waals surface area contributed by atoms with Crippen molar-refractivity contribution in [1.29, 1.82) is 0 Å². The van der Waals surface area contributed by atoms with Gasteiger partial charge < -0.3 is 15.1 Å². The van der Waals surface area contributed by atoms with E-state index in [0.717, 1.165) is 35.5 Å². The first kappa shape index (κ1) is 19.7. The van der Waals surface area contributed by atoms with Gasteiger partial charge in [0, 0.05) is 37.6 Å². The van der Waals surface area contributed by atoms with Crippen molar-refractivity contribution >= 4 is 23.2 Å². The van der Waals surface area contributed by atoms with Crippen LogP contribution in [-0.2, 0) is 15.8 Å². The van der Waals surface area contributed by atoms with Crippen LogP contribution in [0.2, 0.25) is 0 Å². The molecule has 1 heterocycles. The normalized spacial score (nSPS) is 14.7. The topological polar surface area (TPSA) is 52.7 Å². The molecule has 0 aliphatic carbocycles. The second kappa shape index (κ2) is 7.92. The summed E-state index contributed by atoms with van der Waals surface area (Å²) in [5.41, 5.74) is 1.54. The summed E-state index contributed by atoms with van der Waals surface area (Å²) >= 11 is 0. The maximum atomic E-state index is 12.6. The number of benzene rings is 2. The molecule has 1 aliphatic heterocycles. The number of alkyl halides is 3. The first-order valence-electron chi connectivity index (χ1n) is 8.83. The molecule has 0 unspecified atom stereocenters. The van der Waals surface area contributed by atoms with Gasteiger partial charge in [-0.1, -0.05) is 12.1 Å². The van der Waals surface area contributed by atoms with E-state index in [9.17, 15) is 22.8 Å². The Labute approximate surface area is 160 Å². The number of halogens is 3. The summed E-state index contributed by atoms with van der Waals surface area (Å²) < 4.78 is 37.7. The minimum absolute atomic E-state index is 0.143. The molecule has 0 saturated carbocycles. The van der Waals surface area contributed by atoms with Gasteiger partial charge in [0.15, 0.2) is 0 Å². The summed E-state index contributed by atoms with van der Waals surface area (Å²) in [4.78, 5) is 28.1. The highest BCUT2D eigenvalue weighted by Crippen LogP contribution is 2.29. The molecular weight excluding hydrogens is 371 g/mol. The lowest BCUT2D eigenvalue weighted by molar-refractivity contribution is -0.143. The molecule has 2 aromatic carbocycles. The molecule has 2 aromatic rings. The third-order valence-corrected chi connectivity index (χ3v) is 4.60. The summed E-state index contributed by atoms with van der Waals surface area (Å²) in [6.07, 6.45) is -4.45. The first-order valence-corrected chi connectivity index (χ1v) is 8.83. The molecule has 1 fully saturated rings. The minimum atomic E-state index is -4.45. The van der Waals surface area contributed by atoms with Crippen LogP contribution in [0.4, 0.5) is 24.5 Å². The van der Waals surface area contributed by atoms with E-state index in [-0.39, 0.29) is 5.69 Å². The summed E-state index contributed by atoms with van der Waals surface area (Å²) in [5.74, 6) is -1.55. The van der Waals surface area contributed by atoms with Crippen LogP contribution in [0.1, 0.15) is 11.1 Å². The van der Waals surface area contributed by atoms with E-state index in [1.165, 1.54) is 4.90 Å². The van der Waals surface area contributed by atoms with Gasteiger partial charge in [0.2, 0.25) is 0 Å². The van der Waals surface area contributed by atoms with E-state index >= 15 is 0 Å². The predicted octanol–water partition coefficient (Wildman–Crippen LogP) is 3.30. The number of carbonyl (C=O) groups excluding carboxylic acids is 2. The van der Waals surface area contributed by atoms with Crippen molar-refractivity contribution in [1.82, 2.24) is 4.90 Å². The van der Waals surface area contributed by atoms with E-state index in [1.807, 2.05) is 25.1 Å². The molecule has 5 nitrogen and oxygen atoms in total. The number of anilines is 2. The summed E-state index contributed by atoms with van der Waals surface area (Å²) in [6, 6.07) is 12.0. The molecule has 0 atom stereocenters. The Morgan fingerprint density at radius 3 is 2.18 bits per heavy atom. The van der Waals surface area contributed by atoms with Crippen LogP contribution in [0.25, 0.3) is 0 Å². The fourth-order valence-corrected chi connectivity index (χ4v) is 3.06. The van der Waals surface area contributed by atoms with Crippen molar-refractivity contribution in [2.24, 2.45) is 0 Å². The highest BCUT2D eigenvalue weighted by atomic mass is 19.4. The lowest BCUT2D eigenvalue weighted by atomic mass is 10.2. The Morgan fingerprint density at radius 1 is 0.964 bits per heavy atom. The number of amides is 2. The van der Waals surface area contributed by atoms with Gasteiger partial charge in [-0.05, 0) is 48.9 Å². The van der Waals surface area contributed by atoms with E-state index in [4.69, 9.17) is 0 Å². The van der Waals surface area contributed by atoms with Crippen molar-refractivity contribution in [3.8, 4) is 0 Å². The third-order valence-electron chi connectivity index (χ3n) is 4.60. The van der Waals surface area contributed by atoms with Gasteiger partial charge >= 0.3 is 18.0 Å². The number of piperazine rings is 1. The summed E-state index contributed by atoms with van der Waals surface area (Å²) in [6.45, 7) is 4.00. The van der Waals surface area contributed by atoms with Crippen molar-refractivity contribution in [3.05, 3.63) is 59.7 Å². The third kappa shape index (κ3) is 4.62. The largest absolute Gasteiger partial charge is 0.416 e. The quantitative estimate of drug-likeness (QED) is 0.800. The van der Waals surface area contributed by atoms with Crippen molar-refractivity contribution in [3.63, 3.8) is 0 Å². The molecule has 0 spiro atoms. The molecule has 1 saturated heterocycles. The molecule has 0 aromatic heterocycles. The lowest BCUT2D eigenvalue weighted by Crippen LogP contribution is -2.51. The zero-order chi connectivity index (χ0) is 20.3. The van der Waals surface area contributed by atoms with Gasteiger partial charge in [-0.25, -0.2) is 0 Å². The molecule has 1 aliphatic rings. The van der Waals surface area contributed by atoms with E-state index in [1.54, 1.807) is 0 Å². The Hall–Kier alpha value is -3.03. The average molecular weight is 391 g/mol. The molecule has 0 radical (unpaired) electrons. The number of hydrogen-bond acceptors (Lipinski definition) is 3. The Balaban J connectivity index is 1.55. The molecular formula is C20H20F3N3O2. The van der Waals surface area contributed by atoms with Crippen LogP contribution in [0.3, 0.4) is 0 Å². The number of nitrogens with one attached hydrogen (secondary N) is 1. The second-order valence-electron chi connectivity index (χ2n) is 6.65. The SMILES string of the molecule is Cc1cccc(N2CCN(C(=O)C(=O)Nc3ccc(C(F)(F)F)cc3)CC2)c1. The van der Waals surface area contributed by atoms with Gasteiger partial charge in [0.25, 0.3) is 0 Å². The van der Waals surface area contributed by atoms with Gasteiger partial charge in [0.1, 0.15) is 0 Å². The summed E-state index contributed by atoms with van der Waals surface area (Å²) in [5, 5.41) is 2.36. The van der Waals surface area contributed by atoms with Crippen LogP contribution in [-0.4, -0.2) is 42.9 Å². The number of hydrogen-bond donors (Lipinski definition) is 1. The maximum Gasteiger partial charge on any atom is 0.416 e. The predicted molar refractivity (Wildman–Crippen MR) is 100 cm³/mol. The van der Waals surface area contributed by atoms with Crippen LogP contribution < -0.4 is 10.2 Å². The van der Waals surface area contributed by atoms with E-state index in [0.29, 0.717) is 26.2 Å². The van der Waals surface area contributed by atoms with E-state index in [2.05, 4.69) is 16.3 Å². The molecule has 3 rings (SSSR count). The van der Waals surface area contributed by atoms with Gasteiger partial charge in [-0.3, -0.25) is 9.59 Å². The lowest BCUT2D eigenvalue weighted by Gasteiger charge is -2.35. The van der Waals surface area contributed by atoms with E-state index < -0.39 is 23.6 Å². The molecule has 0 bridgehead atoms. The van der Waals surface area contributed by atoms with Gasteiger partial charge in [0.05, 0.1) is 5.56 Å². The Morgan fingerprint density at radius 2 is 1.61 bits per heavy atom. The van der Waals surface area contributed by atoms with Crippen LogP contribution in [0, 0.1) is 6.92 Å². The van der Waals surface area contributed by atoms with Gasteiger partial charge in [-0.15, -0.1) is 0 Å². The van der Waals surface area contributed by atoms with Crippen LogP contribution >= 0.6 is 0 Å². The standard InChI is InChI=1S/C20H20F3N3O2/c1-14-3-2-4-17(13-14)25-9-11-26(12-10-25)19(28)18(27)24-16-7-5-15(6-8-16)20(21,22)23/h2-8,13H,9-12H2,1H3,(H,24,27). The molecule has 28 heavy (non-hydrogen) atoms. The number of carbonyl (C=O) groups is 2. The van der Waals surface area contributed by atoms with Crippen LogP contribution in [0.5, 0.6) is 0 Å². The monoisotopic (exact) mass is 391 g/mol. The minimum Gasteiger partial charge on any atom is -0.368 e. The summed E-state index contributed by atoms with van der Waals surface area (Å²) in [7, 11) is 0. The Bertz CT molecular complexity index is 858. The fourth-order valence-electron chi connectivity index (χ4n) is 3.06. The highest BCUT2D eigenvalue weighted by Gasteiger charge is 2.30. The molecule has 2 amide bonds. The van der Waals surface area contributed by atoms with Crippen molar-refractivity contribution < 1.29 is 22.8 Å².